The maximum atomic E-state index is 10.4. The van der Waals surface area contributed by atoms with Gasteiger partial charge < -0.3 is 0 Å². The molecule has 0 saturated carbocycles. The molecule has 1 N–H and O–H groups in total. The summed E-state index contributed by atoms with van der Waals surface area (Å²) in [5.74, 6) is 0. The molecule has 0 aromatic rings. The summed E-state index contributed by atoms with van der Waals surface area (Å²) in [6.07, 6.45) is 26.3. The third-order valence-electron chi connectivity index (χ3n) is 5.23. The summed E-state index contributed by atoms with van der Waals surface area (Å²) in [6, 6.07) is 0. The Labute approximate surface area is 205 Å². The third kappa shape index (κ3) is 29.3. The van der Waals surface area contributed by atoms with Crippen LogP contribution < -0.4 is 0 Å². The van der Waals surface area contributed by atoms with Crippen LogP contribution in [-0.4, -0.2) is 57.3 Å². The van der Waals surface area contributed by atoms with Gasteiger partial charge in [-0.15, -0.1) is 0 Å². The zero-order valence-electron chi connectivity index (χ0n) is 18.6. The van der Waals surface area contributed by atoms with Gasteiger partial charge in [0.15, 0.2) is 0 Å². The predicted molar refractivity (Wildman–Crippen MR) is 121 cm³/mol. The van der Waals surface area contributed by atoms with Gasteiger partial charge in [-0.3, -0.25) is 4.55 Å². The molecule has 0 aliphatic heterocycles. The number of rotatable bonds is 22. The predicted octanol–water partition coefficient (Wildman–Crippen LogP) is 7.25. The van der Waals surface area contributed by atoms with Crippen LogP contribution in [0.25, 0.3) is 0 Å². The quantitative estimate of drug-likeness (QED) is 0.108. The maximum absolute atomic E-state index is 10.4. The second-order valence-electron chi connectivity index (χ2n) is 7.97. The van der Waals surface area contributed by atoms with E-state index in [0.717, 1.165) is 12.8 Å². The van der Waals surface area contributed by atoms with Gasteiger partial charge in [0, 0.05) is 0 Å². The molecule has 0 radical (unpaired) electrons. The van der Waals surface area contributed by atoms with Crippen molar-refractivity contribution in [3.05, 3.63) is 0 Å². The molecule has 0 bridgehead atoms. The molecule has 28 heavy (non-hydrogen) atoms. The van der Waals surface area contributed by atoms with Crippen molar-refractivity contribution in [2.24, 2.45) is 0 Å². The van der Waals surface area contributed by atoms with E-state index in [0.29, 0.717) is 6.42 Å². The molecule has 6 heteroatoms. The second kappa shape index (κ2) is 24.4. The van der Waals surface area contributed by atoms with Gasteiger partial charge in [-0.05, 0) is 6.42 Å². The summed E-state index contributed by atoms with van der Waals surface area (Å²) in [5, 5.41) is 0. The zero-order chi connectivity index (χ0) is 20.1. The molecule has 0 aromatic heterocycles. The molecule has 0 unspecified atom stereocenters. The Morgan fingerprint density at radius 1 is 0.536 bits per heavy atom. The van der Waals surface area contributed by atoms with Gasteiger partial charge in [-0.25, -0.2) is 4.18 Å². The summed E-state index contributed by atoms with van der Waals surface area (Å²) in [5.41, 5.74) is 0. The minimum absolute atomic E-state index is 0. The Balaban J connectivity index is 0. The average Bonchev–Trinajstić information content (AvgIpc) is 2.62. The van der Waals surface area contributed by atoms with Crippen molar-refractivity contribution in [3.63, 3.8) is 0 Å². The van der Waals surface area contributed by atoms with Crippen LogP contribution in [0.1, 0.15) is 135 Å². The molecule has 0 fully saturated rings. The van der Waals surface area contributed by atoms with Crippen molar-refractivity contribution in [3.8, 4) is 0 Å². The first-order chi connectivity index (χ1) is 13.1. The van der Waals surface area contributed by atoms with E-state index in [1.807, 2.05) is 0 Å². The first-order valence-corrected chi connectivity index (χ1v) is 13.0. The second-order valence-corrected chi connectivity index (χ2v) is 9.06. The van der Waals surface area contributed by atoms with Crippen LogP contribution in [0.2, 0.25) is 0 Å². The fourth-order valence-electron chi connectivity index (χ4n) is 3.52. The van der Waals surface area contributed by atoms with Crippen molar-refractivity contribution >= 4 is 48.1 Å². The smallest absolute Gasteiger partial charge is 0.264 e. The van der Waals surface area contributed by atoms with E-state index >= 15 is 0 Å². The molecule has 0 rings (SSSR count). The topological polar surface area (TPSA) is 63.6 Å². The van der Waals surface area contributed by atoms with Crippen LogP contribution in [0.5, 0.6) is 0 Å². The van der Waals surface area contributed by atoms with E-state index in [1.54, 1.807) is 0 Å². The number of hydrogen-bond donors (Lipinski definition) is 1. The molecular formula is C22H46CaO4S+2. The molecule has 0 spiro atoms. The Morgan fingerprint density at radius 3 is 1.04 bits per heavy atom. The van der Waals surface area contributed by atoms with Crippen molar-refractivity contribution < 1.29 is 17.2 Å². The monoisotopic (exact) mass is 446 g/mol. The first kappa shape index (κ1) is 31.3. The zero-order valence-corrected chi connectivity index (χ0v) is 21.7. The molecule has 0 aliphatic carbocycles. The van der Waals surface area contributed by atoms with E-state index in [9.17, 15) is 8.42 Å². The van der Waals surface area contributed by atoms with Gasteiger partial charge in [0.2, 0.25) is 0 Å². The molecule has 0 heterocycles. The SMILES string of the molecule is CCCCCCCCCCCCCCCCCCCCCCOS(=O)(=O)O.[Ca+2]. The Hall–Kier alpha value is 1.13. The van der Waals surface area contributed by atoms with Crippen LogP contribution in [0, 0.1) is 0 Å². The van der Waals surface area contributed by atoms with Crippen LogP contribution in [0.15, 0.2) is 0 Å². The van der Waals surface area contributed by atoms with Gasteiger partial charge in [0.25, 0.3) is 0 Å². The molecule has 0 atom stereocenters. The minimum atomic E-state index is -4.25. The fourth-order valence-corrected chi connectivity index (χ4v) is 3.85. The van der Waals surface area contributed by atoms with E-state index in [1.165, 1.54) is 109 Å². The van der Waals surface area contributed by atoms with E-state index in [-0.39, 0.29) is 44.3 Å². The molecule has 0 amide bonds. The van der Waals surface area contributed by atoms with Crippen molar-refractivity contribution in [1.29, 1.82) is 0 Å². The summed E-state index contributed by atoms with van der Waals surface area (Å²) < 4.78 is 33.5. The molecule has 0 aromatic carbocycles. The van der Waals surface area contributed by atoms with Crippen LogP contribution in [0.4, 0.5) is 0 Å². The summed E-state index contributed by atoms with van der Waals surface area (Å²) in [6.45, 7) is 2.37. The van der Waals surface area contributed by atoms with Crippen LogP contribution in [0.3, 0.4) is 0 Å². The van der Waals surface area contributed by atoms with E-state index < -0.39 is 10.4 Å². The minimum Gasteiger partial charge on any atom is -0.264 e. The standard InChI is InChI=1S/C22H46O4S.Ca/c1-2-3-4-5-6-7-8-9-10-11-12-13-14-15-16-17-18-19-20-21-22-26-27(23,24)25;/h2-22H2,1H3,(H,23,24,25);/q;+2. The molecule has 164 valence electrons. The number of unbranched alkanes of at least 4 members (excludes halogenated alkanes) is 19. The van der Waals surface area contributed by atoms with E-state index in [2.05, 4.69) is 11.1 Å². The van der Waals surface area contributed by atoms with Gasteiger partial charge in [-0.2, -0.15) is 8.42 Å². The maximum Gasteiger partial charge on any atom is 2.00 e. The van der Waals surface area contributed by atoms with E-state index in [4.69, 9.17) is 4.55 Å². The van der Waals surface area contributed by atoms with Gasteiger partial charge >= 0.3 is 48.1 Å². The fraction of sp³-hybridized carbons (Fsp3) is 1.00. The van der Waals surface area contributed by atoms with Crippen molar-refractivity contribution in [2.45, 2.75) is 135 Å². The molecule has 0 aliphatic rings. The number of hydrogen-bond acceptors (Lipinski definition) is 3. The Bertz CT molecular complexity index is 388. The van der Waals surface area contributed by atoms with Crippen LogP contribution >= 0.6 is 0 Å². The molecule has 0 saturated heterocycles. The summed E-state index contributed by atoms with van der Waals surface area (Å²) >= 11 is 0. The summed E-state index contributed by atoms with van der Waals surface area (Å²) in [4.78, 5) is 0. The Morgan fingerprint density at radius 2 is 0.786 bits per heavy atom. The average molecular weight is 447 g/mol. The van der Waals surface area contributed by atoms with Gasteiger partial charge in [0.1, 0.15) is 0 Å². The largest absolute Gasteiger partial charge is 2.00 e. The van der Waals surface area contributed by atoms with Crippen LogP contribution in [-0.2, 0) is 14.6 Å². The van der Waals surface area contributed by atoms with Crippen molar-refractivity contribution in [1.82, 2.24) is 0 Å². The normalized spacial score (nSPS) is 11.5. The van der Waals surface area contributed by atoms with Crippen molar-refractivity contribution in [2.75, 3.05) is 6.61 Å². The molecular weight excluding hydrogens is 400 g/mol. The Kier molecular flexibility index (Phi) is 27.3. The third-order valence-corrected chi connectivity index (χ3v) is 5.69. The first-order valence-electron chi connectivity index (χ1n) is 11.7. The summed E-state index contributed by atoms with van der Waals surface area (Å²) in [7, 11) is -4.25. The molecule has 4 nitrogen and oxygen atoms in total. The van der Waals surface area contributed by atoms with Gasteiger partial charge in [0.05, 0.1) is 6.61 Å². The van der Waals surface area contributed by atoms with Gasteiger partial charge in [-0.1, -0.05) is 129 Å².